The maximum absolute atomic E-state index is 13.0. The van der Waals surface area contributed by atoms with E-state index >= 15 is 0 Å². The van der Waals surface area contributed by atoms with Gasteiger partial charge >= 0.3 is 12.4 Å². The van der Waals surface area contributed by atoms with Crippen molar-refractivity contribution in [3.05, 3.63) is 77.4 Å². The molecule has 28 heavy (non-hydrogen) atoms. The first-order valence-corrected chi connectivity index (χ1v) is 7.91. The molecule has 1 aromatic heterocycles. The van der Waals surface area contributed by atoms with Crippen LogP contribution in [-0.2, 0) is 12.4 Å². The smallest absolute Gasteiger partial charge is 0.298 e. The molecule has 0 unspecified atom stereocenters. The minimum absolute atomic E-state index is 0.0232. The second-order valence-corrected chi connectivity index (χ2v) is 5.91. The van der Waals surface area contributed by atoms with Crippen molar-refractivity contribution in [3.63, 3.8) is 0 Å². The van der Waals surface area contributed by atoms with Crippen molar-refractivity contribution in [1.82, 2.24) is 4.98 Å². The molecule has 0 amide bonds. The summed E-state index contributed by atoms with van der Waals surface area (Å²) in [7, 11) is 0. The summed E-state index contributed by atoms with van der Waals surface area (Å²) in [5, 5.41) is 0. The number of aldehydes is 1. The van der Waals surface area contributed by atoms with Gasteiger partial charge in [0.15, 0.2) is 6.29 Å². The lowest BCUT2D eigenvalue weighted by Crippen LogP contribution is -2.05. The molecule has 0 bridgehead atoms. The van der Waals surface area contributed by atoms with Gasteiger partial charge in [-0.1, -0.05) is 24.3 Å². The minimum Gasteiger partial charge on any atom is -0.298 e. The topological polar surface area (TPSA) is 30.0 Å². The number of nitrogens with zero attached hydrogens (tertiary/aromatic N) is 1. The molecule has 3 aromatic rings. The molecule has 1 heterocycles. The second kappa shape index (κ2) is 7.10. The van der Waals surface area contributed by atoms with Gasteiger partial charge in [-0.2, -0.15) is 26.3 Å². The zero-order chi connectivity index (χ0) is 20.5. The molecule has 0 fully saturated rings. The van der Waals surface area contributed by atoms with Gasteiger partial charge in [-0.05, 0) is 36.4 Å². The number of hydrogen-bond donors (Lipinski definition) is 0. The van der Waals surface area contributed by atoms with E-state index in [0.717, 1.165) is 24.3 Å². The molecule has 144 valence electrons. The summed E-state index contributed by atoms with van der Waals surface area (Å²) < 4.78 is 77.7. The number of carbonyl (C=O) groups is 1. The highest BCUT2D eigenvalue weighted by Gasteiger charge is 2.31. The van der Waals surface area contributed by atoms with E-state index in [1.54, 1.807) is 0 Å². The maximum atomic E-state index is 13.0. The number of pyridine rings is 1. The van der Waals surface area contributed by atoms with Gasteiger partial charge in [0.25, 0.3) is 0 Å². The Morgan fingerprint density at radius 2 is 1.25 bits per heavy atom. The van der Waals surface area contributed by atoms with Gasteiger partial charge in [-0.15, -0.1) is 0 Å². The normalized spacial score (nSPS) is 12.1. The third kappa shape index (κ3) is 4.05. The van der Waals surface area contributed by atoms with Crippen LogP contribution in [0.25, 0.3) is 22.5 Å². The molecule has 0 aliphatic carbocycles. The van der Waals surface area contributed by atoms with Crippen LogP contribution in [0, 0.1) is 0 Å². The van der Waals surface area contributed by atoms with Crippen LogP contribution in [0.3, 0.4) is 0 Å². The highest BCUT2D eigenvalue weighted by Crippen LogP contribution is 2.34. The molecular formula is C20H11F6NO. The van der Waals surface area contributed by atoms with E-state index in [4.69, 9.17) is 0 Å². The van der Waals surface area contributed by atoms with Crippen molar-refractivity contribution >= 4 is 6.29 Å². The van der Waals surface area contributed by atoms with Gasteiger partial charge in [0.05, 0.1) is 22.5 Å². The molecule has 0 atom stereocenters. The molecular weight excluding hydrogens is 384 g/mol. The Balaban J connectivity index is 2.14. The highest BCUT2D eigenvalue weighted by atomic mass is 19.4. The van der Waals surface area contributed by atoms with Crippen LogP contribution in [0.1, 0.15) is 21.5 Å². The predicted molar refractivity (Wildman–Crippen MR) is 90.5 cm³/mol. The number of carbonyl (C=O) groups excluding carboxylic acids is 1. The molecule has 8 heteroatoms. The fraction of sp³-hybridized carbons (Fsp3) is 0.100. The van der Waals surface area contributed by atoms with Crippen molar-refractivity contribution in [2.24, 2.45) is 0 Å². The lowest BCUT2D eigenvalue weighted by atomic mass is 10.0. The van der Waals surface area contributed by atoms with Crippen LogP contribution >= 0.6 is 0 Å². The van der Waals surface area contributed by atoms with Gasteiger partial charge in [0.1, 0.15) is 0 Å². The largest absolute Gasteiger partial charge is 0.416 e. The van der Waals surface area contributed by atoms with Gasteiger partial charge in [0, 0.05) is 16.7 Å². The summed E-state index contributed by atoms with van der Waals surface area (Å²) >= 11 is 0. The Kier molecular flexibility index (Phi) is 4.97. The van der Waals surface area contributed by atoms with Crippen LogP contribution < -0.4 is 0 Å². The molecule has 0 N–H and O–H groups in total. The predicted octanol–water partition coefficient (Wildman–Crippen LogP) is 6.27. The third-order valence-electron chi connectivity index (χ3n) is 4.00. The summed E-state index contributed by atoms with van der Waals surface area (Å²) in [5.41, 5.74) is -1.57. The number of alkyl halides is 6. The van der Waals surface area contributed by atoms with Crippen LogP contribution in [0.5, 0.6) is 0 Å². The average Bonchev–Trinajstić information content (AvgIpc) is 2.66. The fourth-order valence-electron chi connectivity index (χ4n) is 2.65. The standard InChI is InChI=1S/C20H11F6NO/c21-19(22,23)15-5-1-3-12(9-15)17-8-7-14(11-28)18(27-17)13-4-2-6-16(10-13)20(24,25)26/h1-11H. The molecule has 0 aliphatic heterocycles. The summed E-state index contributed by atoms with van der Waals surface area (Å²) in [4.78, 5) is 15.5. The van der Waals surface area contributed by atoms with E-state index in [-0.39, 0.29) is 28.1 Å². The summed E-state index contributed by atoms with van der Waals surface area (Å²) in [6.07, 6.45) is -8.71. The van der Waals surface area contributed by atoms with E-state index in [2.05, 4.69) is 4.98 Å². The Labute approximate surface area is 155 Å². The maximum Gasteiger partial charge on any atom is 0.416 e. The monoisotopic (exact) mass is 395 g/mol. The lowest BCUT2D eigenvalue weighted by molar-refractivity contribution is -0.138. The fourth-order valence-corrected chi connectivity index (χ4v) is 2.65. The van der Waals surface area contributed by atoms with Crippen LogP contribution in [0.2, 0.25) is 0 Å². The van der Waals surface area contributed by atoms with E-state index in [9.17, 15) is 31.1 Å². The summed E-state index contributed by atoms with van der Waals surface area (Å²) in [5.74, 6) is 0. The first kappa shape index (κ1) is 19.6. The second-order valence-electron chi connectivity index (χ2n) is 5.91. The Morgan fingerprint density at radius 3 is 1.79 bits per heavy atom. The van der Waals surface area contributed by atoms with Crippen LogP contribution in [0.15, 0.2) is 60.7 Å². The molecule has 0 saturated carbocycles. The van der Waals surface area contributed by atoms with Gasteiger partial charge in [0.2, 0.25) is 0 Å². The Morgan fingerprint density at radius 1 is 0.714 bits per heavy atom. The molecule has 0 aliphatic rings. The van der Waals surface area contributed by atoms with Crippen molar-refractivity contribution < 1.29 is 31.1 Å². The van der Waals surface area contributed by atoms with E-state index in [0.29, 0.717) is 6.29 Å². The Hall–Kier alpha value is -3.16. The van der Waals surface area contributed by atoms with E-state index < -0.39 is 23.5 Å². The Bertz CT molecular complexity index is 1020. The quantitative estimate of drug-likeness (QED) is 0.387. The van der Waals surface area contributed by atoms with E-state index in [1.165, 1.54) is 36.4 Å². The average molecular weight is 395 g/mol. The zero-order valence-electron chi connectivity index (χ0n) is 14.0. The van der Waals surface area contributed by atoms with Gasteiger partial charge in [-0.25, -0.2) is 4.98 Å². The van der Waals surface area contributed by atoms with Crippen molar-refractivity contribution in [2.75, 3.05) is 0 Å². The van der Waals surface area contributed by atoms with Crippen molar-refractivity contribution in [2.45, 2.75) is 12.4 Å². The molecule has 3 rings (SSSR count). The minimum atomic E-state index is -4.59. The van der Waals surface area contributed by atoms with Gasteiger partial charge in [-0.3, -0.25) is 4.79 Å². The molecule has 2 aromatic carbocycles. The number of hydrogen-bond acceptors (Lipinski definition) is 2. The number of benzene rings is 2. The first-order chi connectivity index (χ1) is 13.1. The number of aromatic nitrogens is 1. The molecule has 0 saturated heterocycles. The first-order valence-electron chi connectivity index (χ1n) is 7.91. The number of halogens is 6. The van der Waals surface area contributed by atoms with Gasteiger partial charge < -0.3 is 0 Å². The molecule has 0 spiro atoms. The van der Waals surface area contributed by atoms with Crippen molar-refractivity contribution in [1.29, 1.82) is 0 Å². The lowest BCUT2D eigenvalue weighted by Gasteiger charge is -2.12. The molecule has 0 radical (unpaired) electrons. The third-order valence-corrected chi connectivity index (χ3v) is 4.00. The van der Waals surface area contributed by atoms with Crippen LogP contribution in [-0.4, -0.2) is 11.3 Å². The number of rotatable bonds is 3. The summed E-state index contributed by atoms with van der Waals surface area (Å²) in [6.45, 7) is 0. The van der Waals surface area contributed by atoms with Crippen LogP contribution in [0.4, 0.5) is 26.3 Å². The SMILES string of the molecule is O=Cc1ccc(-c2cccc(C(F)(F)F)c2)nc1-c1cccc(C(F)(F)F)c1. The zero-order valence-corrected chi connectivity index (χ0v) is 14.0. The highest BCUT2D eigenvalue weighted by molar-refractivity contribution is 5.87. The van der Waals surface area contributed by atoms with Crippen molar-refractivity contribution in [3.8, 4) is 22.5 Å². The summed E-state index contributed by atoms with van der Waals surface area (Å²) in [6, 6.07) is 11.3. The van der Waals surface area contributed by atoms with E-state index in [1.807, 2.05) is 0 Å². The molecule has 2 nitrogen and oxygen atoms in total.